The Morgan fingerprint density at radius 3 is 2.47 bits per heavy atom. The summed E-state index contributed by atoms with van der Waals surface area (Å²) in [5.74, 6) is 1.16. The molecule has 2 atom stereocenters. The van der Waals surface area contributed by atoms with Gasteiger partial charge in [0.05, 0.1) is 30.1 Å². The van der Waals surface area contributed by atoms with Crippen LogP contribution in [0.25, 0.3) is 10.9 Å². The minimum Gasteiger partial charge on any atom is -0.506 e. The highest BCUT2D eigenvalue weighted by molar-refractivity contribution is 5.87. The number of aromatic nitrogens is 1. The zero-order chi connectivity index (χ0) is 38.4. The van der Waals surface area contributed by atoms with Crippen LogP contribution in [-0.2, 0) is 26.2 Å². The molecule has 4 fully saturated rings. The van der Waals surface area contributed by atoms with Gasteiger partial charge in [-0.2, -0.15) is 0 Å². The number of pyridine rings is 1. The Hall–Kier alpha value is -4.71. The number of carbonyl (C=O) groups excluding carboxylic acids is 2. The van der Waals surface area contributed by atoms with Crippen LogP contribution in [0.2, 0.25) is 0 Å². The van der Waals surface area contributed by atoms with E-state index in [0.29, 0.717) is 67.9 Å². The second-order valence-corrected chi connectivity index (χ2v) is 15.6. The van der Waals surface area contributed by atoms with Crippen molar-refractivity contribution in [2.75, 3.05) is 52.4 Å². The van der Waals surface area contributed by atoms with Crippen LogP contribution in [0.4, 0.5) is 0 Å². The van der Waals surface area contributed by atoms with Gasteiger partial charge in [0.2, 0.25) is 11.5 Å². The fourth-order valence-electron chi connectivity index (χ4n) is 8.68. The van der Waals surface area contributed by atoms with E-state index >= 15 is 0 Å². The van der Waals surface area contributed by atoms with Crippen molar-refractivity contribution in [2.45, 2.75) is 75.9 Å². The SMILES string of the molecule is Cc1cc(CC(=O)N2CCC(C(=O)OC3CN4CCC3CC4)(c3ccccc3)CC2)ccc1OCCCCCNCC(O)c1ccc(O)c2[nH]c(=O)ccc12. The number of rotatable bonds is 15. The summed E-state index contributed by atoms with van der Waals surface area (Å²) >= 11 is 0. The lowest BCUT2D eigenvalue weighted by atomic mass is 9.72. The molecular weight excluding hydrogens is 697 g/mol. The van der Waals surface area contributed by atoms with Crippen LogP contribution >= 0.6 is 0 Å². The Kier molecular flexibility index (Phi) is 12.2. The van der Waals surface area contributed by atoms with Gasteiger partial charge in [-0.1, -0.05) is 48.5 Å². The summed E-state index contributed by atoms with van der Waals surface area (Å²) in [6, 6.07) is 22.1. The molecule has 5 heterocycles. The van der Waals surface area contributed by atoms with Crippen molar-refractivity contribution < 1.29 is 29.3 Å². The number of aryl methyl sites for hydroxylation is 1. The van der Waals surface area contributed by atoms with Gasteiger partial charge in [-0.3, -0.25) is 19.3 Å². The molecule has 292 valence electrons. The molecule has 0 radical (unpaired) electrons. The zero-order valence-corrected chi connectivity index (χ0v) is 31.8. The van der Waals surface area contributed by atoms with Crippen LogP contribution < -0.4 is 15.6 Å². The van der Waals surface area contributed by atoms with Crippen molar-refractivity contribution in [3.8, 4) is 11.5 Å². The Morgan fingerprint density at radius 1 is 0.964 bits per heavy atom. The average molecular weight is 751 g/mol. The number of aromatic amines is 1. The molecule has 4 saturated heterocycles. The molecule has 4 N–H and O–H groups in total. The summed E-state index contributed by atoms with van der Waals surface area (Å²) < 4.78 is 12.4. The topological polar surface area (TPSA) is 144 Å². The number of nitrogens with zero attached hydrogens (tertiary/aromatic N) is 2. The van der Waals surface area contributed by atoms with Crippen molar-refractivity contribution in [1.29, 1.82) is 0 Å². The third kappa shape index (κ3) is 8.90. The normalized spacial score (nSPS) is 21.0. The summed E-state index contributed by atoms with van der Waals surface area (Å²) in [5, 5.41) is 24.8. The number of aromatic hydroxyl groups is 1. The molecule has 1 amide bonds. The fourth-order valence-corrected chi connectivity index (χ4v) is 8.68. The quantitative estimate of drug-likeness (QED) is 0.0958. The average Bonchev–Trinajstić information content (AvgIpc) is 3.20. The molecule has 4 aliphatic heterocycles. The lowest BCUT2D eigenvalue weighted by Gasteiger charge is -2.46. The standard InChI is InChI=1S/C44H54N4O7/c1-30-26-31(10-14-38(30)54-25-7-3-6-20-45-28-37(50)34-11-13-36(49)42-35(34)12-15-40(51)46-42)27-41(52)48-23-18-44(19-24-48,33-8-4-2-5-9-33)43(53)55-39-29-47-21-16-32(39)17-22-47/h2,4-5,8-15,26,32,37,39,45,49-50H,3,6-7,16-25,27-29H2,1H3,(H,46,51). The minimum absolute atomic E-state index is 0.0277. The maximum absolute atomic E-state index is 14.0. The van der Waals surface area contributed by atoms with Gasteiger partial charge < -0.3 is 34.9 Å². The lowest BCUT2D eigenvalue weighted by Crippen LogP contribution is -2.55. The number of unbranched alkanes of at least 4 members (excludes halogenated alkanes) is 2. The Balaban J connectivity index is 0.831. The Bertz CT molecular complexity index is 2000. The van der Waals surface area contributed by atoms with Gasteiger partial charge in [-0.05, 0) is 118 Å². The second kappa shape index (κ2) is 17.4. The molecule has 11 heteroatoms. The summed E-state index contributed by atoms with van der Waals surface area (Å²) in [7, 11) is 0. The Labute approximate surface area is 322 Å². The number of amides is 1. The van der Waals surface area contributed by atoms with Crippen LogP contribution in [0.5, 0.6) is 11.5 Å². The number of nitrogens with one attached hydrogen (secondary N) is 2. The highest BCUT2D eigenvalue weighted by Gasteiger charge is 2.47. The highest BCUT2D eigenvalue weighted by atomic mass is 16.5. The number of aliphatic hydroxyl groups is 1. The second-order valence-electron chi connectivity index (χ2n) is 15.6. The number of hydrogen-bond acceptors (Lipinski definition) is 9. The maximum atomic E-state index is 14.0. The van der Waals surface area contributed by atoms with E-state index in [2.05, 4.69) is 15.2 Å². The number of benzene rings is 3. The van der Waals surface area contributed by atoms with E-state index < -0.39 is 11.5 Å². The van der Waals surface area contributed by atoms with Crippen LogP contribution in [0, 0.1) is 12.8 Å². The number of ether oxygens (including phenoxy) is 2. The number of aliphatic hydroxyl groups excluding tert-OH is 1. The first-order valence-electron chi connectivity index (χ1n) is 19.9. The van der Waals surface area contributed by atoms with Crippen molar-refractivity contribution in [3.63, 3.8) is 0 Å². The molecule has 11 nitrogen and oxygen atoms in total. The van der Waals surface area contributed by atoms with Crippen molar-refractivity contribution in [1.82, 2.24) is 20.1 Å². The van der Waals surface area contributed by atoms with E-state index in [0.717, 1.165) is 80.7 Å². The molecule has 0 saturated carbocycles. The first kappa shape index (κ1) is 38.6. The number of phenols is 1. The summed E-state index contributed by atoms with van der Waals surface area (Å²) in [6.45, 7) is 7.72. The molecule has 2 unspecified atom stereocenters. The van der Waals surface area contributed by atoms with Crippen molar-refractivity contribution in [2.24, 2.45) is 5.92 Å². The Morgan fingerprint density at radius 2 is 1.75 bits per heavy atom. The third-order valence-electron chi connectivity index (χ3n) is 12.0. The van der Waals surface area contributed by atoms with Gasteiger partial charge >= 0.3 is 5.97 Å². The van der Waals surface area contributed by atoms with E-state index in [-0.39, 0.29) is 29.3 Å². The van der Waals surface area contributed by atoms with Crippen LogP contribution in [-0.4, -0.2) is 95.4 Å². The molecule has 0 spiro atoms. The fraction of sp³-hybridized carbons (Fsp3) is 0.477. The maximum Gasteiger partial charge on any atom is 0.317 e. The molecule has 3 aromatic carbocycles. The molecular formula is C44H54N4O7. The van der Waals surface area contributed by atoms with Crippen LogP contribution in [0.1, 0.15) is 73.3 Å². The zero-order valence-electron chi connectivity index (χ0n) is 31.8. The van der Waals surface area contributed by atoms with Gasteiger partial charge in [-0.15, -0.1) is 0 Å². The number of carbonyl (C=O) groups is 2. The van der Waals surface area contributed by atoms with Crippen molar-refractivity contribution >= 4 is 22.8 Å². The largest absolute Gasteiger partial charge is 0.506 e. The first-order valence-corrected chi connectivity index (χ1v) is 19.9. The minimum atomic E-state index is -0.784. The summed E-state index contributed by atoms with van der Waals surface area (Å²) in [5.41, 5.74) is 2.83. The van der Waals surface area contributed by atoms with Gasteiger partial charge in [0.1, 0.15) is 17.6 Å². The molecule has 0 aliphatic carbocycles. The van der Waals surface area contributed by atoms with E-state index in [4.69, 9.17) is 9.47 Å². The number of H-pyrrole nitrogens is 1. The molecule has 2 bridgehead atoms. The first-order chi connectivity index (χ1) is 26.7. The van der Waals surface area contributed by atoms with Gasteiger partial charge in [-0.25, -0.2) is 0 Å². The third-order valence-corrected chi connectivity index (χ3v) is 12.0. The van der Waals surface area contributed by atoms with Gasteiger partial charge in [0, 0.05) is 37.6 Å². The smallest absolute Gasteiger partial charge is 0.317 e. The summed E-state index contributed by atoms with van der Waals surface area (Å²) in [6.07, 6.45) is 5.51. The van der Waals surface area contributed by atoms with E-state index in [1.54, 1.807) is 12.1 Å². The molecule has 1 aromatic heterocycles. The predicted octanol–water partition coefficient (Wildman–Crippen LogP) is 5.15. The van der Waals surface area contributed by atoms with Crippen LogP contribution in [0.15, 0.2) is 77.6 Å². The van der Waals surface area contributed by atoms with Gasteiger partial charge in [0.25, 0.3) is 0 Å². The number of esters is 1. The summed E-state index contributed by atoms with van der Waals surface area (Å²) in [4.78, 5) is 46.1. The lowest BCUT2D eigenvalue weighted by molar-refractivity contribution is -0.168. The number of hydrogen-bond donors (Lipinski definition) is 4. The molecule has 4 aliphatic rings. The molecule has 55 heavy (non-hydrogen) atoms. The van der Waals surface area contributed by atoms with E-state index in [9.17, 15) is 24.6 Å². The number of likely N-dealkylation sites (tertiary alicyclic amines) is 1. The number of phenolic OH excluding ortho intramolecular Hbond substituents is 1. The number of fused-ring (bicyclic) bond motifs is 4. The highest BCUT2D eigenvalue weighted by Crippen LogP contribution is 2.39. The predicted molar refractivity (Wildman–Crippen MR) is 211 cm³/mol. The van der Waals surface area contributed by atoms with Gasteiger partial charge in [0.15, 0.2) is 0 Å². The molecule has 8 rings (SSSR count). The monoisotopic (exact) mass is 750 g/mol. The van der Waals surface area contributed by atoms with E-state index in [1.165, 1.54) is 12.1 Å². The number of piperidine rings is 4. The van der Waals surface area contributed by atoms with Crippen LogP contribution in [0.3, 0.4) is 0 Å². The van der Waals surface area contributed by atoms with E-state index in [1.807, 2.05) is 60.4 Å². The molecule has 4 aromatic rings. The van der Waals surface area contributed by atoms with Crippen molar-refractivity contribution in [3.05, 3.63) is 105 Å².